The first kappa shape index (κ1) is 12.7. The summed E-state index contributed by atoms with van der Waals surface area (Å²) in [6.07, 6.45) is 1.50. The first-order chi connectivity index (χ1) is 5.30. The molecular formula is C9H18ClNO2. The van der Waals surface area contributed by atoms with Gasteiger partial charge in [0.15, 0.2) is 0 Å². The van der Waals surface area contributed by atoms with Gasteiger partial charge in [-0.1, -0.05) is 13.8 Å². The third-order valence-electron chi connectivity index (χ3n) is 2.80. The van der Waals surface area contributed by atoms with Crippen LogP contribution in [0.3, 0.4) is 0 Å². The Balaban J connectivity index is 0.00000144. The number of likely N-dealkylation sites (N-methyl/N-ethyl adjacent to an activating group) is 1. The first-order valence-corrected chi connectivity index (χ1v) is 4.21. The number of hydrogen-bond donors (Lipinski definition) is 1. The lowest BCUT2D eigenvalue weighted by Gasteiger charge is -2.53. The third kappa shape index (κ3) is 1.97. The molecule has 0 spiro atoms. The molecule has 3 nitrogen and oxygen atoms in total. The van der Waals surface area contributed by atoms with Crippen LogP contribution in [-0.4, -0.2) is 35.6 Å². The molecule has 0 aromatic rings. The van der Waals surface area contributed by atoms with Crippen molar-refractivity contribution in [2.45, 2.75) is 32.2 Å². The van der Waals surface area contributed by atoms with E-state index in [1.54, 1.807) is 0 Å². The van der Waals surface area contributed by atoms with E-state index in [1.807, 2.05) is 19.0 Å². The van der Waals surface area contributed by atoms with E-state index in [4.69, 9.17) is 5.11 Å². The van der Waals surface area contributed by atoms with Crippen molar-refractivity contribution in [2.24, 2.45) is 5.41 Å². The minimum atomic E-state index is -0.688. The van der Waals surface area contributed by atoms with Crippen molar-refractivity contribution in [2.75, 3.05) is 14.1 Å². The maximum absolute atomic E-state index is 11.0. The molecule has 0 aromatic heterocycles. The van der Waals surface area contributed by atoms with Gasteiger partial charge in [-0.15, -0.1) is 12.4 Å². The zero-order valence-corrected chi connectivity index (χ0v) is 9.44. The SMILES string of the molecule is CN(C)C1(C(=O)O)CC(C)(C)C1.Cl. The van der Waals surface area contributed by atoms with Crippen LogP contribution in [0.1, 0.15) is 26.7 Å². The van der Waals surface area contributed by atoms with E-state index < -0.39 is 11.5 Å². The molecule has 1 aliphatic carbocycles. The van der Waals surface area contributed by atoms with E-state index in [0.29, 0.717) is 0 Å². The van der Waals surface area contributed by atoms with E-state index >= 15 is 0 Å². The lowest BCUT2D eigenvalue weighted by molar-refractivity contribution is -0.165. The molecule has 0 atom stereocenters. The van der Waals surface area contributed by atoms with Gasteiger partial charge in [-0.2, -0.15) is 0 Å². The molecule has 0 unspecified atom stereocenters. The van der Waals surface area contributed by atoms with Crippen molar-refractivity contribution in [3.8, 4) is 0 Å². The van der Waals surface area contributed by atoms with E-state index in [9.17, 15) is 4.79 Å². The molecule has 0 aliphatic heterocycles. The molecule has 1 aliphatic rings. The van der Waals surface area contributed by atoms with Gasteiger partial charge in [0.2, 0.25) is 0 Å². The molecule has 0 saturated heterocycles. The van der Waals surface area contributed by atoms with Gasteiger partial charge in [0.1, 0.15) is 5.54 Å². The Morgan fingerprint density at radius 3 is 1.77 bits per heavy atom. The topological polar surface area (TPSA) is 40.5 Å². The van der Waals surface area contributed by atoms with Crippen molar-refractivity contribution in [1.82, 2.24) is 4.90 Å². The van der Waals surface area contributed by atoms with Crippen molar-refractivity contribution < 1.29 is 9.90 Å². The van der Waals surface area contributed by atoms with E-state index in [2.05, 4.69) is 13.8 Å². The Morgan fingerprint density at radius 1 is 1.31 bits per heavy atom. The minimum absolute atomic E-state index is 0. The van der Waals surface area contributed by atoms with Crippen LogP contribution < -0.4 is 0 Å². The molecule has 13 heavy (non-hydrogen) atoms. The molecule has 0 bridgehead atoms. The van der Waals surface area contributed by atoms with Crippen LogP contribution in [0.4, 0.5) is 0 Å². The average molecular weight is 208 g/mol. The van der Waals surface area contributed by atoms with Gasteiger partial charge in [0, 0.05) is 0 Å². The molecule has 0 amide bonds. The summed E-state index contributed by atoms with van der Waals surface area (Å²) < 4.78 is 0. The maximum atomic E-state index is 11.0. The Kier molecular flexibility index (Phi) is 3.39. The summed E-state index contributed by atoms with van der Waals surface area (Å²) in [5.74, 6) is -0.688. The van der Waals surface area contributed by atoms with Gasteiger partial charge in [-0.3, -0.25) is 9.69 Å². The van der Waals surface area contributed by atoms with Crippen molar-refractivity contribution in [3.05, 3.63) is 0 Å². The van der Waals surface area contributed by atoms with Crippen molar-refractivity contribution in [3.63, 3.8) is 0 Å². The van der Waals surface area contributed by atoms with Crippen LogP contribution >= 0.6 is 12.4 Å². The molecular weight excluding hydrogens is 190 g/mol. The molecule has 0 aromatic carbocycles. The largest absolute Gasteiger partial charge is 0.480 e. The summed E-state index contributed by atoms with van der Waals surface area (Å²) >= 11 is 0. The Bertz CT molecular complexity index is 206. The van der Waals surface area contributed by atoms with Gasteiger partial charge in [0.05, 0.1) is 0 Å². The summed E-state index contributed by atoms with van der Waals surface area (Å²) in [4.78, 5) is 12.8. The Hall–Kier alpha value is -0.280. The zero-order valence-electron chi connectivity index (χ0n) is 8.63. The highest BCUT2D eigenvalue weighted by molar-refractivity contribution is 5.85. The van der Waals surface area contributed by atoms with Gasteiger partial charge in [-0.25, -0.2) is 0 Å². The number of rotatable bonds is 2. The number of halogens is 1. The summed E-state index contributed by atoms with van der Waals surface area (Å²) in [6.45, 7) is 4.22. The van der Waals surface area contributed by atoms with Crippen LogP contribution in [-0.2, 0) is 4.79 Å². The van der Waals surface area contributed by atoms with E-state index in [1.165, 1.54) is 0 Å². The number of carbonyl (C=O) groups is 1. The standard InChI is InChI=1S/C9H17NO2.ClH/c1-8(2)5-9(6-8,7(11)12)10(3)4;/h5-6H2,1-4H3,(H,11,12);1H. The summed E-state index contributed by atoms with van der Waals surface area (Å²) in [5.41, 5.74) is -0.397. The number of aliphatic carboxylic acids is 1. The summed E-state index contributed by atoms with van der Waals surface area (Å²) in [5, 5.41) is 9.04. The third-order valence-corrected chi connectivity index (χ3v) is 2.80. The molecule has 4 heteroatoms. The van der Waals surface area contributed by atoms with Gasteiger partial charge >= 0.3 is 5.97 Å². The normalized spacial score (nSPS) is 23.2. The fourth-order valence-corrected chi connectivity index (χ4v) is 2.19. The van der Waals surface area contributed by atoms with Crippen LogP contribution in [0.25, 0.3) is 0 Å². The van der Waals surface area contributed by atoms with Gasteiger partial charge < -0.3 is 5.11 Å². The second-order valence-corrected chi connectivity index (χ2v) is 4.75. The smallest absolute Gasteiger partial charge is 0.324 e. The highest BCUT2D eigenvalue weighted by Gasteiger charge is 2.56. The second kappa shape index (κ2) is 3.46. The lowest BCUT2D eigenvalue weighted by Crippen LogP contribution is -2.62. The van der Waals surface area contributed by atoms with Crippen LogP contribution in [0, 0.1) is 5.41 Å². The predicted octanol–water partition coefficient (Wildman–Crippen LogP) is 1.61. The highest BCUT2D eigenvalue weighted by atomic mass is 35.5. The van der Waals surface area contributed by atoms with E-state index in [-0.39, 0.29) is 17.8 Å². The molecule has 0 radical (unpaired) electrons. The molecule has 1 fully saturated rings. The highest BCUT2D eigenvalue weighted by Crippen LogP contribution is 2.50. The molecule has 1 rings (SSSR count). The Labute approximate surface area is 85.5 Å². The minimum Gasteiger partial charge on any atom is -0.480 e. The molecule has 1 saturated carbocycles. The zero-order chi connectivity index (χ0) is 9.57. The van der Waals surface area contributed by atoms with Crippen LogP contribution in [0.5, 0.6) is 0 Å². The Morgan fingerprint density at radius 2 is 1.69 bits per heavy atom. The second-order valence-electron chi connectivity index (χ2n) is 4.75. The number of nitrogens with zero attached hydrogens (tertiary/aromatic N) is 1. The number of hydrogen-bond acceptors (Lipinski definition) is 2. The van der Waals surface area contributed by atoms with Crippen molar-refractivity contribution in [1.29, 1.82) is 0 Å². The predicted molar refractivity (Wildman–Crippen MR) is 54.3 cm³/mol. The van der Waals surface area contributed by atoms with E-state index in [0.717, 1.165) is 12.8 Å². The maximum Gasteiger partial charge on any atom is 0.324 e. The number of carboxylic acid groups (broad SMARTS) is 1. The van der Waals surface area contributed by atoms with Gasteiger partial charge in [-0.05, 0) is 32.4 Å². The van der Waals surface area contributed by atoms with Crippen LogP contribution in [0.2, 0.25) is 0 Å². The first-order valence-electron chi connectivity index (χ1n) is 4.21. The fourth-order valence-electron chi connectivity index (χ4n) is 2.19. The quantitative estimate of drug-likeness (QED) is 0.748. The van der Waals surface area contributed by atoms with Crippen molar-refractivity contribution >= 4 is 18.4 Å². The average Bonchev–Trinajstić information content (AvgIpc) is 1.80. The molecule has 1 N–H and O–H groups in total. The fraction of sp³-hybridized carbons (Fsp3) is 0.889. The summed E-state index contributed by atoms with van der Waals surface area (Å²) in [6, 6.07) is 0. The molecule has 0 heterocycles. The van der Waals surface area contributed by atoms with Gasteiger partial charge in [0.25, 0.3) is 0 Å². The summed E-state index contributed by atoms with van der Waals surface area (Å²) in [7, 11) is 3.67. The van der Waals surface area contributed by atoms with Crippen LogP contribution in [0.15, 0.2) is 0 Å². The monoisotopic (exact) mass is 207 g/mol. The molecule has 78 valence electrons. The lowest BCUT2D eigenvalue weighted by atomic mass is 9.59. The number of carboxylic acids is 1.